The van der Waals surface area contributed by atoms with Crippen molar-refractivity contribution in [1.82, 2.24) is 4.72 Å². The predicted octanol–water partition coefficient (Wildman–Crippen LogP) is 0.976. The molecule has 0 fully saturated rings. The minimum atomic E-state index is -3.93. The zero-order chi connectivity index (χ0) is 13.2. The number of furan rings is 1. The van der Waals surface area contributed by atoms with Crippen molar-refractivity contribution in [1.29, 1.82) is 0 Å². The number of carbonyl (C=O) groups is 1. The lowest BCUT2D eigenvalue weighted by molar-refractivity contribution is -0.140. The van der Waals surface area contributed by atoms with E-state index >= 15 is 0 Å². The Bertz CT molecular complexity index is 503. The number of aryl methyl sites for hydroxylation is 1. The van der Waals surface area contributed by atoms with E-state index in [9.17, 15) is 13.2 Å². The number of sulfonamides is 1. The van der Waals surface area contributed by atoms with Crippen molar-refractivity contribution in [2.75, 3.05) is 0 Å². The van der Waals surface area contributed by atoms with Crippen LogP contribution in [0, 0.1) is 12.8 Å². The summed E-state index contributed by atoms with van der Waals surface area (Å²) in [5.41, 5.74) is 0. The third-order valence-corrected chi connectivity index (χ3v) is 3.51. The molecule has 1 unspecified atom stereocenters. The van der Waals surface area contributed by atoms with Gasteiger partial charge in [-0.1, -0.05) is 13.8 Å². The summed E-state index contributed by atoms with van der Waals surface area (Å²) in [5.74, 6) is -1.13. The lowest BCUT2D eigenvalue weighted by Crippen LogP contribution is -2.44. The quantitative estimate of drug-likeness (QED) is 0.823. The van der Waals surface area contributed by atoms with Crippen LogP contribution in [-0.2, 0) is 14.8 Å². The molecule has 1 heterocycles. The number of aliphatic carboxylic acids is 1. The normalized spacial score (nSPS) is 13.9. The molecule has 1 aromatic rings. The van der Waals surface area contributed by atoms with Crippen LogP contribution in [0.5, 0.6) is 0 Å². The van der Waals surface area contributed by atoms with Gasteiger partial charge in [-0.25, -0.2) is 8.42 Å². The van der Waals surface area contributed by atoms with Crippen LogP contribution in [0.25, 0.3) is 0 Å². The maximum atomic E-state index is 11.8. The number of hydrogen-bond acceptors (Lipinski definition) is 4. The van der Waals surface area contributed by atoms with Gasteiger partial charge in [-0.3, -0.25) is 4.79 Å². The van der Waals surface area contributed by atoms with E-state index in [0.717, 1.165) is 0 Å². The molecule has 0 saturated carbocycles. The third kappa shape index (κ3) is 3.31. The predicted molar refractivity (Wildman–Crippen MR) is 60.0 cm³/mol. The first-order valence-electron chi connectivity index (χ1n) is 5.05. The Morgan fingerprint density at radius 1 is 1.41 bits per heavy atom. The van der Waals surface area contributed by atoms with Crippen LogP contribution in [-0.4, -0.2) is 25.5 Å². The fourth-order valence-corrected chi connectivity index (χ4v) is 2.57. The van der Waals surface area contributed by atoms with Gasteiger partial charge in [0.1, 0.15) is 11.8 Å². The number of carboxylic acid groups (broad SMARTS) is 1. The van der Waals surface area contributed by atoms with Crippen molar-refractivity contribution < 1.29 is 22.7 Å². The van der Waals surface area contributed by atoms with Crippen LogP contribution in [0.3, 0.4) is 0 Å². The average Bonchev–Trinajstić information content (AvgIpc) is 2.61. The first-order valence-corrected chi connectivity index (χ1v) is 6.54. The highest BCUT2D eigenvalue weighted by molar-refractivity contribution is 7.89. The van der Waals surface area contributed by atoms with Crippen molar-refractivity contribution >= 4 is 16.0 Å². The molecule has 0 aromatic carbocycles. The van der Waals surface area contributed by atoms with Gasteiger partial charge in [0.2, 0.25) is 5.09 Å². The van der Waals surface area contributed by atoms with Gasteiger partial charge in [0.15, 0.2) is 0 Å². The highest BCUT2D eigenvalue weighted by Crippen LogP contribution is 2.14. The van der Waals surface area contributed by atoms with Crippen LogP contribution in [0.2, 0.25) is 0 Å². The van der Waals surface area contributed by atoms with E-state index in [1.54, 1.807) is 20.8 Å². The number of nitrogens with one attached hydrogen (secondary N) is 1. The topological polar surface area (TPSA) is 96.6 Å². The number of rotatable bonds is 5. The van der Waals surface area contributed by atoms with Crippen molar-refractivity contribution in [2.24, 2.45) is 5.92 Å². The minimum Gasteiger partial charge on any atom is -0.480 e. The van der Waals surface area contributed by atoms with Gasteiger partial charge in [0.25, 0.3) is 10.0 Å². The molecule has 0 aliphatic rings. The summed E-state index contributed by atoms with van der Waals surface area (Å²) in [6.07, 6.45) is 0. The van der Waals surface area contributed by atoms with Crippen molar-refractivity contribution in [2.45, 2.75) is 31.9 Å². The van der Waals surface area contributed by atoms with Crippen LogP contribution in [0.1, 0.15) is 19.6 Å². The maximum absolute atomic E-state index is 11.8. The molecular weight excluding hydrogens is 246 g/mol. The van der Waals surface area contributed by atoms with Gasteiger partial charge in [-0.05, 0) is 25.0 Å². The van der Waals surface area contributed by atoms with Gasteiger partial charge in [0.05, 0.1) is 0 Å². The molecule has 0 bridgehead atoms. The molecule has 0 aliphatic heterocycles. The molecule has 1 atom stereocenters. The lowest BCUT2D eigenvalue weighted by atomic mass is 10.1. The van der Waals surface area contributed by atoms with E-state index in [0.29, 0.717) is 5.76 Å². The first kappa shape index (κ1) is 13.7. The Hall–Kier alpha value is -1.34. The molecule has 96 valence electrons. The molecular formula is C10H15NO5S. The summed E-state index contributed by atoms with van der Waals surface area (Å²) in [6.45, 7) is 4.85. The molecule has 0 radical (unpaired) electrons. The average molecular weight is 261 g/mol. The Kier molecular flexibility index (Phi) is 3.94. The second-order valence-corrected chi connectivity index (χ2v) is 5.69. The van der Waals surface area contributed by atoms with Gasteiger partial charge >= 0.3 is 5.97 Å². The third-order valence-electron chi connectivity index (χ3n) is 2.20. The molecule has 7 heteroatoms. The van der Waals surface area contributed by atoms with E-state index in [2.05, 4.69) is 4.72 Å². The maximum Gasteiger partial charge on any atom is 0.322 e. The fraction of sp³-hybridized carbons (Fsp3) is 0.500. The zero-order valence-corrected chi connectivity index (χ0v) is 10.6. The van der Waals surface area contributed by atoms with Crippen LogP contribution < -0.4 is 4.72 Å². The molecule has 6 nitrogen and oxygen atoms in total. The van der Waals surface area contributed by atoms with Crippen molar-refractivity contribution in [3.05, 3.63) is 17.9 Å². The Balaban J connectivity index is 2.97. The van der Waals surface area contributed by atoms with Gasteiger partial charge in [-0.15, -0.1) is 0 Å². The molecule has 1 aromatic heterocycles. The molecule has 17 heavy (non-hydrogen) atoms. The number of hydrogen-bond donors (Lipinski definition) is 2. The molecule has 0 spiro atoms. The van der Waals surface area contributed by atoms with E-state index in [1.165, 1.54) is 12.1 Å². The van der Waals surface area contributed by atoms with E-state index in [1.807, 2.05) is 0 Å². The van der Waals surface area contributed by atoms with E-state index in [-0.39, 0.29) is 11.0 Å². The highest BCUT2D eigenvalue weighted by Gasteiger charge is 2.29. The fourth-order valence-electron chi connectivity index (χ4n) is 1.25. The van der Waals surface area contributed by atoms with Gasteiger partial charge in [0, 0.05) is 0 Å². The molecule has 0 aliphatic carbocycles. The smallest absolute Gasteiger partial charge is 0.322 e. The summed E-state index contributed by atoms with van der Waals surface area (Å²) in [6, 6.07) is 1.61. The highest BCUT2D eigenvalue weighted by atomic mass is 32.2. The van der Waals surface area contributed by atoms with Crippen LogP contribution in [0.4, 0.5) is 0 Å². The monoisotopic (exact) mass is 261 g/mol. The van der Waals surface area contributed by atoms with Crippen LogP contribution >= 0.6 is 0 Å². The molecule has 1 rings (SSSR count). The lowest BCUT2D eigenvalue weighted by Gasteiger charge is -2.16. The SMILES string of the molecule is Cc1ccc(S(=O)(=O)NC(C(=O)O)C(C)C)o1. The largest absolute Gasteiger partial charge is 0.480 e. The summed E-state index contributed by atoms with van der Waals surface area (Å²) >= 11 is 0. The standard InChI is InChI=1S/C10H15NO5S/c1-6(2)9(10(12)13)11-17(14,15)8-5-4-7(3)16-8/h4-6,9,11H,1-3H3,(H,12,13). The van der Waals surface area contributed by atoms with Crippen LogP contribution in [0.15, 0.2) is 21.6 Å². The Morgan fingerprint density at radius 3 is 2.35 bits per heavy atom. The summed E-state index contributed by atoms with van der Waals surface area (Å²) in [4.78, 5) is 10.9. The second kappa shape index (κ2) is 4.89. The minimum absolute atomic E-state index is 0.276. The molecule has 0 amide bonds. The second-order valence-electron chi connectivity index (χ2n) is 4.05. The summed E-state index contributed by atoms with van der Waals surface area (Å²) in [5, 5.41) is 8.63. The van der Waals surface area contributed by atoms with Gasteiger partial charge < -0.3 is 9.52 Å². The number of carboxylic acids is 1. The first-order chi connectivity index (χ1) is 7.74. The Labute approximate surface area is 99.7 Å². The van der Waals surface area contributed by atoms with E-state index < -0.39 is 22.0 Å². The van der Waals surface area contributed by atoms with Gasteiger partial charge in [-0.2, -0.15) is 4.72 Å². The summed E-state index contributed by atoms with van der Waals surface area (Å²) < 4.78 is 30.7. The zero-order valence-electron chi connectivity index (χ0n) is 9.80. The van der Waals surface area contributed by atoms with E-state index in [4.69, 9.17) is 9.52 Å². The molecule has 2 N–H and O–H groups in total. The van der Waals surface area contributed by atoms with Crippen molar-refractivity contribution in [3.8, 4) is 0 Å². The summed E-state index contributed by atoms with van der Waals surface area (Å²) in [7, 11) is -3.93. The Morgan fingerprint density at radius 2 is 2.00 bits per heavy atom. The molecule has 0 saturated heterocycles. The van der Waals surface area contributed by atoms with Crippen molar-refractivity contribution in [3.63, 3.8) is 0 Å².